The smallest absolute Gasteiger partial charge is 0.256 e. The van der Waals surface area contributed by atoms with Crippen LogP contribution in [0.15, 0.2) is 0 Å². The quantitative estimate of drug-likeness (QED) is 0.441. The Balaban J connectivity index is 3.41. The van der Waals surface area contributed by atoms with Gasteiger partial charge in [0.25, 0.3) is 4.52 Å². The molecule has 0 N–H and O–H groups in total. The summed E-state index contributed by atoms with van der Waals surface area (Å²) in [7, 11) is 0. The van der Waals surface area contributed by atoms with E-state index in [2.05, 4.69) is 0 Å². The van der Waals surface area contributed by atoms with Crippen LogP contribution >= 0.6 is 116 Å². The summed E-state index contributed by atoms with van der Waals surface area (Å²) in [5.74, 6) is 0. The molecule has 11 heteroatoms. The Bertz CT molecular complexity index is 305. The zero-order chi connectivity index (χ0) is 13.2. The number of ether oxygens (including phenoxy) is 1. The van der Waals surface area contributed by atoms with E-state index >= 15 is 0 Å². The molecule has 0 aromatic rings. The van der Waals surface area contributed by atoms with Gasteiger partial charge in [-0.05, 0) is 0 Å². The lowest BCUT2D eigenvalue weighted by atomic mass is 10.2. The second kappa shape index (κ2) is 4.43. The molecule has 1 unspecified atom stereocenters. The standard InChI is InChI=1S/C5Cl10O/c6-1(7)2(8,9)5(14,15)16-3(1,10)4(11,12)13. The topological polar surface area (TPSA) is 9.23 Å². The lowest BCUT2D eigenvalue weighted by molar-refractivity contribution is 0.0333. The molecule has 0 saturated carbocycles. The van der Waals surface area contributed by atoms with E-state index in [1.54, 1.807) is 0 Å². The van der Waals surface area contributed by atoms with Crippen LogP contribution in [0.4, 0.5) is 0 Å². The lowest BCUT2D eigenvalue weighted by Crippen LogP contribution is -2.54. The average molecular weight is 431 g/mol. The van der Waals surface area contributed by atoms with Crippen molar-refractivity contribution in [3.05, 3.63) is 0 Å². The van der Waals surface area contributed by atoms with E-state index in [9.17, 15) is 0 Å². The first kappa shape index (κ1) is 16.9. The van der Waals surface area contributed by atoms with Crippen LogP contribution in [-0.2, 0) is 4.74 Å². The van der Waals surface area contributed by atoms with Crippen LogP contribution in [0.3, 0.4) is 0 Å². The van der Waals surface area contributed by atoms with Crippen LogP contribution in [0, 0.1) is 0 Å². The third kappa shape index (κ3) is 2.11. The Hall–Kier alpha value is 2.86. The Morgan fingerprint density at radius 2 is 1.06 bits per heavy atom. The molecule has 1 heterocycles. The molecule has 0 spiro atoms. The predicted molar refractivity (Wildman–Crippen MR) is 73.3 cm³/mol. The summed E-state index contributed by atoms with van der Waals surface area (Å²) >= 11 is 57.3. The average Bonchev–Trinajstić information content (AvgIpc) is 2.07. The molecule has 0 aromatic carbocycles. The maximum atomic E-state index is 5.89. The number of hydrogen-bond donors (Lipinski definition) is 0. The monoisotopic (exact) mass is 426 g/mol. The van der Waals surface area contributed by atoms with Crippen molar-refractivity contribution in [2.24, 2.45) is 0 Å². The molecule has 1 rings (SSSR count). The summed E-state index contributed by atoms with van der Waals surface area (Å²) < 4.78 is -4.14. The summed E-state index contributed by atoms with van der Waals surface area (Å²) in [5.41, 5.74) is 0. The normalized spacial score (nSPS) is 36.4. The van der Waals surface area contributed by atoms with E-state index in [0.29, 0.717) is 0 Å². The highest BCUT2D eigenvalue weighted by atomic mass is 35.6. The highest BCUT2D eigenvalue weighted by Gasteiger charge is 2.83. The SMILES string of the molecule is ClC(Cl)(Cl)C1(Cl)OC(Cl)(Cl)C(Cl)(Cl)C1(Cl)Cl. The van der Waals surface area contributed by atoms with Crippen molar-refractivity contribution in [1.82, 2.24) is 0 Å². The Kier molecular flexibility index (Phi) is 4.68. The van der Waals surface area contributed by atoms with E-state index in [1.165, 1.54) is 0 Å². The first-order valence-electron chi connectivity index (χ1n) is 3.30. The minimum atomic E-state index is -2.33. The van der Waals surface area contributed by atoms with Gasteiger partial charge in [0.1, 0.15) is 0 Å². The first-order chi connectivity index (χ1) is 6.71. The van der Waals surface area contributed by atoms with E-state index in [-0.39, 0.29) is 0 Å². The Morgan fingerprint density at radius 3 is 1.19 bits per heavy atom. The predicted octanol–water partition coefficient (Wildman–Crippen LogP) is 5.80. The number of hydrogen-bond acceptors (Lipinski definition) is 1. The lowest BCUT2D eigenvalue weighted by Gasteiger charge is -2.37. The van der Waals surface area contributed by atoms with Crippen molar-refractivity contribution >= 4 is 116 Å². The number of alkyl halides is 10. The van der Waals surface area contributed by atoms with Gasteiger partial charge in [0, 0.05) is 0 Å². The van der Waals surface area contributed by atoms with Gasteiger partial charge in [0.05, 0.1) is 0 Å². The van der Waals surface area contributed by atoms with E-state index in [1.807, 2.05) is 0 Å². The molecule has 1 saturated heterocycles. The van der Waals surface area contributed by atoms with E-state index in [0.717, 1.165) is 0 Å². The highest BCUT2D eigenvalue weighted by Crippen LogP contribution is 2.72. The molecule has 0 amide bonds. The third-order valence-corrected chi connectivity index (χ3v) is 7.42. The van der Waals surface area contributed by atoms with Gasteiger partial charge in [0.2, 0.25) is 17.5 Å². The molecule has 96 valence electrons. The summed E-state index contributed by atoms with van der Waals surface area (Å²) in [6.07, 6.45) is 0. The molecule has 1 atom stereocenters. The maximum Gasteiger partial charge on any atom is 0.256 e. The van der Waals surface area contributed by atoms with E-state index in [4.69, 9.17) is 121 Å². The molecule has 1 aliphatic rings. The van der Waals surface area contributed by atoms with Gasteiger partial charge in [-0.1, -0.05) is 116 Å². The molecular formula is C5Cl10O. The van der Waals surface area contributed by atoms with Gasteiger partial charge >= 0.3 is 0 Å². The number of rotatable bonds is 0. The van der Waals surface area contributed by atoms with Gasteiger partial charge in [-0.2, -0.15) is 0 Å². The van der Waals surface area contributed by atoms with Crippen LogP contribution in [-0.4, -0.2) is 22.0 Å². The second-order valence-electron chi connectivity index (χ2n) is 2.86. The summed E-state index contributed by atoms with van der Waals surface area (Å²) in [5, 5.41) is -2.33. The fraction of sp³-hybridized carbons (Fsp3) is 1.00. The van der Waals surface area contributed by atoms with E-state index < -0.39 is 22.0 Å². The molecule has 0 radical (unpaired) electrons. The molecule has 1 nitrogen and oxygen atoms in total. The van der Waals surface area contributed by atoms with Crippen LogP contribution in [0.2, 0.25) is 0 Å². The zero-order valence-corrected chi connectivity index (χ0v) is 14.2. The summed E-state index contributed by atoms with van der Waals surface area (Å²) in [6.45, 7) is 0. The molecule has 0 aromatic heterocycles. The molecule has 0 aliphatic carbocycles. The van der Waals surface area contributed by atoms with Gasteiger partial charge < -0.3 is 4.74 Å². The molecule has 0 bridgehead atoms. The van der Waals surface area contributed by atoms with Crippen molar-refractivity contribution in [3.8, 4) is 0 Å². The minimum Gasteiger partial charge on any atom is -0.314 e. The molecule has 1 fully saturated rings. The van der Waals surface area contributed by atoms with Crippen molar-refractivity contribution < 1.29 is 4.74 Å². The Labute approximate surface area is 141 Å². The molecule has 16 heavy (non-hydrogen) atoms. The van der Waals surface area contributed by atoms with Crippen LogP contribution in [0.1, 0.15) is 0 Å². The fourth-order valence-electron chi connectivity index (χ4n) is 0.925. The van der Waals surface area contributed by atoms with Gasteiger partial charge in [-0.25, -0.2) is 0 Å². The third-order valence-electron chi connectivity index (χ3n) is 1.80. The van der Waals surface area contributed by atoms with Gasteiger partial charge in [-0.15, -0.1) is 0 Å². The van der Waals surface area contributed by atoms with Gasteiger partial charge in [0.15, 0.2) is 0 Å². The van der Waals surface area contributed by atoms with Crippen molar-refractivity contribution in [3.63, 3.8) is 0 Å². The van der Waals surface area contributed by atoms with Gasteiger partial charge in [-0.3, -0.25) is 0 Å². The Morgan fingerprint density at radius 1 is 0.688 bits per heavy atom. The first-order valence-corrected chi connectivity index (χ1v) is 7.08. The second-order valence-corrected chi connectivity index (χ2v) is 9.59. The highest BCUT2D eigenvalue weighted by molar-refractivity contribution is 6.76. The van der Waals surface area contributed by atoms with Crippen LogP contribution < -0.4 is 0 Å². The molecule has 1 aliphatic heterocycles. The minimum absolute atomic E-state index is 2.22. The largest absolute Gasteiger partial charge is 0.314 e. The summed E-state index contributed by atoms with van der Waals surface area (Å²) in [4.78, 5) is 0. The zero-order valence-electron chi connectivity index (χ0n) is 6.69. The molecular weight excluding hydrogens is 431 g/mol. The van der Waals surface area contributed by atoms with Crippen molar-refractivity contribution in [2.75, 3.05) is 0 Å². The summed E-state index contributed by atoms with van der Waals surface area (Å²) in [6, 6.07) is 0. The maximum absolute atomic E-state index is 5.89. The van der Waals surface area contributed by atoms with Crippen LogP contribution in [0.25, 0.3) is 0 Å². The van der Waals surface area contributed by atoms with Crippen LogP contribution in [0.5, 0.6) is 0 Å². The van der Waals surface area contributed by atoms with Crippen molar-refractivity contribution in [2.45, 2.75) is 22.0 Å². The van der Waals surface area contributed by atoms with Crippen molar-refractivity contribution in [1.29, 1.82) is 0 Å². The number of halogens is 10. The fourth-order valence-corrected chi connectivity index (χ4v) is 3.87.